The third kappa shape index (κ3) is 2.68. The summed E-state index contributed by atoms with van der Waals surface area (Å²) in [6, 6.07) is 7.14. The van der Waals surface area contributed by atoms with Gasteiger partial charge < -0.3 is 0 Å². The van der Waals surface area contributed by atoms with E-state index < -0.39 is 10.8 Å². The monoisotopic (exact) mass is 345 g/mol. The zero-order valence-electron chi connectivity index (χ0n) is 12.5. The van der Waals surface area contributed by atoms with E-state index in [1.807, 2.05) is 6.07 Å². The van der Waals surface area contributed by atoms with Crippen molar-refractivity contribution in [3.8, 4) is 0 Å². The lowest BCUT2D eigenvalue weighted by Gasteiger charge is -2.19. The maximum Gasteiger partial charge on any atom is 0.274 e. The summed E-state index contributed by atoms with van der Waals surface area (Å²) in [5, 5.41) is 19.5. The van der Waals surface area contributed by atoms with Gasteiger partial charge in [0.25, 0.3) is 11.6 Å². The fourth-order valence-electron chi connectivity index (χ4n) is 2.38. The van der Waals surface area contributed by atoms with Crippen molar-refractivity contribution in [2.45, 2.75) is 6.92 Å². The number of nitrogens with one attached hydrogen (secondary N) is 1. The van der Waals surface area contributed by atoms with E-state index in [0.29, 0.717) is 11.2 Å². The quantitative estimate of drug-likeness (QED) is 0.327. The number of anilines is 1. The lowest BCUT2D eigenvalue weighted by molar-refractivity contribution is -0.384. The van der Waals surface area contributed by atoms with Crippen molar-refractivity contribution in [2.24, 2.45) is 5.84 Å². The minimum atomic E-state index is -0.648. The number of nitro groups is 1. The number of nitro benzene ring substituents is 1. The van der Waals surface area contributed by atoms with Crippen molar-refractivity contribution >= 4 is 39.8 Å². The van der Waals surface area contributed by atoms with Gasteiger partial charge in [0.15, 0.2) is 0 Å². The number of benzene rings is 2. The molecule has 1 aromatic heterocycles. The molecule has 0 fully saturated rings. The first-order chi connectivity index (χ1) is 11.4. The average Bonchev–Trinajstić information content (AvgIpc) is 3.00. The Labute approximate surface area is 140 Å². The van der Waals surface area contributed by atoms with Gasteiger partial charge in [-0.3, -0.25) is 20.0 Å². The van der Waals surface area contributed by atoms with E-state index in [1.165, 1.54) is 12.1 Å². The summed E-state index contributed by atoms with van der Waals surface area (Å²) < 4.78 is 0. The number of hydrazine groups is 1. The third-order valence-corrected chi connectivity index (χ3v) is 3.96. The summed E-state index contributed by atoms with van der Waals surface area (Å²) in [7, 11) is 0. The molecule has 3 N–H and O–H groups in total. The number of H-pyrrole nitrogens is 1. The average molecular weight is 346 g/mol. The number of rotatable bonds is 3. The van der Waals surface area contributed by atoms with Gasteiger partial charge in [-0.1, -0.05) is 11.6 Å². The van der Waals surface area contributed by atoms with Crippen LogP contribution in [0.25, 0.3) is 10.9 Å². The molecule has 0 saturated carbocycles. The minimum Gasteiger partial charge on any atom is -0.278 e. The Bertz CT molecular complexity index is 969. The Balaban J connectivity index is 2.04. The molecule has 0 unspecified atom stereocenters. The van der Waals surface area contributed by atoms with Gasteiger partial charge in [-0.25, -0.2) is 10.9 Å². The second-order valence-electron chi connectivity index (χ2n) is 5.19. The summed E-state index contributed by atoms with van der Waals surface area (Å²) in [5.74, 6) is 5.30. The van der Waals surface area contributed by atoms with E-state index in [0.717, 1.165) is 22.0 Å². The molecule has 2 aromatic carbocycles. The highest BCUT2D eigenvalue weighted by molar-refractivity contribution is 6.34. The molecular weight excluding hydrogens is 334 g/mol. The molecule has 0 radical (unpaired) electrons. The van der Waals surface area contributed by atoms with Crippen LogP contribution in [0.4, 0.5) is 11.4 Å². The Morgan fingerprint density at radius 1 is 1.38 bits per heavy atom. The Hall–Kier alpha value is -2.97. The van der Waals surface area contributed by atoms with Crippen LogP contribution in [-0.4, -0.2) is 21.0 Å². The highest BCUT2D eigenvalue weighted by atomic mass is 35.5. The van der Waals surface area contributed by atoms with Crippen molar-refractivity contribution in [3.63, 3.8) is 0 Å². The molecule has 0 aliphatic heterocycles. The van der Waals surface area contributed by atoms with Crippen LogP contribution in [0.3, 0.4) is 0 Å². The molecule has 0 bridgehead atoms. The molecule has 1 heterocycles. The van der Waals surface area contributed by atoms with Crippen LogP contribution in [0, 0.1) is 17.0 Å². The summed E-state index contributed by atoms with van der Waals surface area (Å²) >= 11 is 6.00. The smallest absolute Gasteiger partial charge is 0.274 e. The van der Waals surface area contributed by atoms with Crippen LogP contribution < -0.4 is 10.9 Å². The van der Waals surface area contributed by atoms with Gasteiger partial charge in [0.2, 0.25) is 0 Å². The van der Waals surface area contributed by atoms with Crippen molar-refractivity contribution in [1.29, 1.82) is 0 Å². The number of aryl methyl sites for hydroxylation is 1. The van der Waals surface area contributed by atoms with Crippen molar-refractivity contribution in [1.82, 2.24) is 10.2 Å². The number of hydrogen-bond acceptors (Lipinski definition) is 5. The maximum absolute atomic E-state index is 12.6. The predicted molar refractivity (Wildman–Crippen MR) is 89.9 cm³/mol. The first-order valence-corrected chi connectivity index (χ1v) is 7.23. The zero-order chi connectivity index (χ0) is 17.4. The van der Waals surface area contributed by atoms with Crippen LogP contribution in [0.2, 0.25) is 5.02 Å². The largest absolute Gasteiger partial charge is 0.278 e. The van der Waals surface area contributed by atoms with E-state index in [-0.39, 0.29) is 16.3 Å². The van der Waals surface area contributed by atoms with Gasteiger partial charge in [0, 0.05) is 17.5 Å². The molecule has 0 aliphatic carbocycles. The number of nitrogens with two attached hydrogens (primary N) is 1. The zero-order valence-corrected chi connectivity index (χ0v) is 13.2. The first kappa shape index (κ1) is 15.9. The Morgan fingerprint density at radius 2 is 2.12 bits per heavy atom. The van der Waals surface area contributed by atoms with Crippen molar-refractivity contribution < 1.29 is 9.72 Å². The van der Waals surface area contributed by atoms with Gasteiger partial charge >= 0.3 is 0 Å². The molecule has 0 spiro atoms. The summed E-state index contributed by atoms with van der Waals surface area (Å²) in [6.07, 6.45) is 1.66. The van der Waals surface area contributed by atoms with Crippen LogP contribution >= 0.6 is 11.6 Å². The number of carbonyl (C=O) groups is 1. The topological polar surface area (TPSA) is 118 Å². The van der Waals surface area contributed by atoms with Gasteiger partial charge in [0.05, 0.1) is 32.9 Å². The Morgan fingerprint density at radius 3 is 2.83 bits per heavy atom. The first-order valence-electron chi connectivity index (χ1n) is 6.85. The maximum atomic E-state index is 12.6. The van der Waals surface area contributed by atoms with Gasteiger partial charge in [-0.15, -0.1) is 0 Å². The molecule has 3 aromatic rings. The molecular formula is C15H12ClN5O3. The second-order valence-corrected chi connectivity index (χ2v) is 5.60. The molecule has 24 heavy (non-hydrogen) atoms. The third-order valence-electron chi connectivity index (χ3n) is 3.63. The second kappa shape index (κ2) is 5.91. The molecule has 3 rings (SSSR count). The molecule has 8 nitrogen and oxygen atoms in total. The van der Waals surface area contributed by atoms with Gasteiger partial charge in [-0.05, 0) is 30.7 Å². The van der Waals surface area contributed by atoms with Crippen LogP contribution in [-0.2, 0) is 0 Å². The highest BCUT2D eigenvalue weighted by Gasteiger charge is 2.22. The lowest BCUT2D eigenvalue weighted by Crippen LogP contribution is -2.38. The SMILES string of the molecule is Cc1cc2cn[nH]c2cc1N(N)C(=O)c1cc([N+](=O)[O-])ccc1Cl. The van der Waals surface area contributed by atoms with E-state index in [1.54, 1.807) is 19.2 Å². The van der Waals surface area contributed by atoms with Crippen LogP contribution in [0.5, 0.6) is 0 Å². The Kier molecular flexibility index (Phi) is 3.92. The normalized spacial score (nSPS) is 10.8. The number of fused-ring (bicyclic) bond motifs is 1. The fraction of sp³-hybridized carbons (Fsp3) is 0.0667. The number of hydrogen-bond donors (Lipinski definition) is 2. The summed E-state index contributed by atoms with van der Waals surface area (Å²) in [5.41, 5.74) is 1.62. The van der Waals surface area contributed by atoms with Gasteiger partial charge in [0.1, 0.15) is 0 Å². The molecule has 0 saturated heterocycles. The van der Waals surface area contributed by atoms with Crippen molar-refractivity contribution in [2.75, 3.05) is 5.01 Å². The number of nitrogens with zero attached hydrogens (tertiary/aromatic N) is 3. The summed E-state index contributed by atoms with van der Waals surface area (Å²) in [6.45, 7) is 1.80. The number of non-ortho nitro benzene ring substituents is 1. The molecule has 0 atom stereocenters. The fourth-order valence-corrected chi connectivity index (χ4v) is 2.58. The van der Waals surface area contributed by atoms with Crippen molar-refractivity contribution in [3.05, 3.63) is 62.8 Å². The minimum absolute atomic E-state index is 0.0440. The van der Waals surface area contributed by atoms with E-state index >= 15 is 0 Å². The number of halogens is 1. The highest BCUT2D eigenvalue weighted by Crippen LogP contribution is 2.28. The molecule has 122 valence electrons. The van der Waals surface area contributed by atoms with E-state index in [9.17, 15) is 14.9 Å². The van der Waals surface area contributed by atoms with Crippen LogP contribution in [0.15, 0.2) is 36.5 Å². The number of amides is 1. The lowest BCUT2D eigenvalue weighted by atomic mass is 10.1. The summed E-state index contributed by atoms with van der Waals surface area (Å²) in [4.78, 5) is 22.9. The standard InChI is InChI=1S/C15H12ClN5O3/c1-8-4-9-7-18-19-13(9)6-14(8)20(17)15(22)11-5-10(21(23)24)2-3-12(11)16/h2-7H,17H2,1H3,(H,18,19). The molecule has 9 heteroatoms. The predicted octanol–water partition coefficient (Wildman–Crippen LogP) is 2.95. The molecule has 0 aliphatic rings. The van der Waals surface area contributed by atoms with Crippen LogP contribution in [0.1, 0.15) is 15.9 Å². The van der Waals surface area contributed by atoms with Gasteiger partial charge in [-0.2, -0.15) is 5.10 Å². The number of aromatic amines is 1. The molecule has 1 amide bonds. The van der Waals surface area contributed by atoms with E-state index in [4.69, 9.17) is 17.4 Å². The number of carbonyl (C=O) groups excluding carboxylic acids is 1. The number of aromatic nitrogens is 2. The van der Waals surface area contributed by atoms with E-state index in [2.05, 4.69) is 10.2 Å².